The van der Waals surface area contributed by atoms with Gasteiger partial charge in [-0.3, -0.25) is 4.79 Å². The zero-order valence-corrected chi connectivity index (χ0v) is 27.8. The highest BCUT2D eigenvalue weighted by Crippen LogP contribution is 2.37. The number of likely N-dealkylation sites (tertiary alicyclic amines) is 1. The number of aromatic nitrogens is 2. The molecule has 1 fully saturated rings. The molecule has 1 aliphatic heterocycles. The van der Waals surface area contributed by atoms with Crippen LogP contribution in [0.2, 0.25) is 30.7 Å². The van der Waals surface area contributed by atoms with Crippen LogP contribution in [0.15, 0.2) is 42.6 Å². The van der Waals surface area contributed by atoms with Gasteiger partial charge in [0, 0.05) is 55.4 Å². The summed E-state index contributed by atoms with van der Waals surface area (Å²) >= 11 is 6.37. The Kier molecular flexibility index (Phi) is 10.4. The molecule has 1 aromatic heterocycles. The van der Waals surface area contributed by atoms with Crippen LogP contribution in [0, 0.1) is 5.82 Å². The molecule has 1 saturated heterocycles. The van der Waals surface area contributed by atoms with Crippen LogP contribution in [0.4, 0.5) is 9.18 Å². The standard InChI is InChI=1S/C32H43ClFN3O5Si/c1-31(2,3)42-30(39)36-13-11-32(12-14-36,24-7-9-26(34)10-8-24)21-41-20-28(38)27-18-25(33)17-23-19-37(35-29(23)27)22-40-15-16-43(4,5)6/h7-10,17-19H,11-16,20-22H2,1-6H3. The fourth-order valence-corrected chi connectivity index (χ4v) is 6.13. The molecule has 234 valence electrons. The molecule has 0 radical (unpaired) electrons. The lowest BCUT2D eigenvalue weighted by molar-refractivity contribution is 0.00648. The zero-order valence-electron chi connectivity index (χ0n) is 26.0. The third-order valence-electron chi connectivity index (χ3n) is 7.58. The summed E-state index contributed by atoms with van der Waals surface area (Å²) in [5.74, 6) is -0.565. The number of rotatable bonds is 11. The van der Waals surface area contributed by atoms with Crippen molar-refractivity contribution in [3.63, 3.8) is 0 Å². The van der Waals surface area contributed by atoms with E-state index in [1.807, 2.05) is 27.0 Å². The number of amides is 1. The second-order valence-corrected chi connectivity index (χ2v) is 19.6. The highest BCUT2D eigenvalue weighted by molar-refractivity contribution is 6.76. The largest absolute Gasteiger partial charge is 0.444 e. The predicted molar refractivity (Wildman–Crippen MR) is 169 cm³/mol. The number of hydrogen-bond donors (Lipinski definition) is 0. The van der Waals surface area contributed by atoms with Gasteiger partial charge in [0.2, 0.25) is 0 Å². The van der Waals surface area contributed by atoms with Gasteiger partial charge in [0.25, 0.3) is 0 Å². The molecule has 0 aliphatic carbocycles. The number of ether oxygens (including phenoxy) is 3. The lowest BCUT2D eigenvalue weighted by Crippen LogP contribution is -2.48. The highest BCUT2D eigenvalue weighted by Gasteiger charge is 2.39. The van der Waals surface area contributed by atoms with Gasteiger partial charge < -0.3 is 19.1 Å². The first-order valence-electron chi connectivity index (χ1n) is 14.7. The average molecular weight is 632 g/mol. The maximum atomic E-state index is 13.8. The summed E-state index contributed by atoms with van der Waals surface area (Å²) in [5, 5.41) is 5.80. The quantitative estimate of drug-likeness (QED) is 0.125. The minimum atomic E-state index is -1.20. The molecule has 4 rings (SSSR count). The third kappa shape index (κ3) is 9.11. The second-order valence-electron chi connectivity index (χ2n) is 13.6. The van der Waals surface area contributed by atoms with E-state index >= 15 is 0 Å². The minimum Gasteiger partial charge on any atom is -0.444 e. The Hall–Kier alpha value is -2.79. The maximum absolute atomic E-state index is 13.8. The maximum Gasteiger partial charge on any atom is 0.410 e. The molecule has 0 spiro atoms. The molecule has 11 heteroatoms. The Morgan fingerprint density at radius 1 is 1.07 bits per heavy atom. The van der Waals surface area contributed by atoms with Crippen LogP contribution in [0.5, 0.6) is 0 Å². The third-order valence-corrected chi connectivity index (χ3v) is 9.50. The number of piperidine rings is 1. The van der Waals surface area contributed by atoms with Crippen molar-refractivity contribution in [2.75, 3.05) is 32.9 Å². The monoisotopic (exact) mass is 631 g/mol. The molecule has 2 heterocycles. The fraction of sp³-hybridized carbons (Fsp3) is 0.531. The Morgan fingerprint density at radius 2 is 1.74 bits per heavy atom. The van der Waals surface area contributed by atoms with Crippen LogP contribution in [0.25, 0.3) is 10.9 Å². The molecule has 1 amide bonds. The van der Waals surface area contributed by atoms with E-state index < -0.39 is 19.1 Å². The van der Waals surface area contributed by atoms with E-state index in [1.54, 1.807) is 33.8 Å². The van der Waals surface area contributed by atoms with Crippen molar-refractivity contribution in [1.82, 2.24) is 14.7 Å². The van der Waals surface area contributed by atoms with Crippen molar-refractivity contribution in [3.05, 3.63) is 64.6 Å². The molecule has 43 heavy (non-hydrogen) atoms. The van der Waals surface area contributed by atoms with Gasteiger partial charge in [-0.05, 0) is 69.5 Å². The average Bonchev–Trinajstić information content (AvgIpc) is 3.32. The topological polar surface area (TPSA) is 82.9 Å². The van der Waals surface area contributed by atoms with E-state index in [-0.39, 0.29) is 30.9 Å². The number of fused-ring (bicyclic) bond motifs is 1. The summed E-state index contributed by atoms with van der Waals surface area (Å²) in [6, 6.07) is 10.8. The number of hydrogen-bond acceptors (Lipinski definition) is 6. The molecular weight excluding hydrogens is 589 g/mol. The summed E-state index contributed by atoms with van der Waals surface area (Å²) in [6.07, 6.45) is 2.63. The predicted octanol–water partition coefficient (Wildman–Crippen LogP) is 7.31. The van der Waals surface area contributed by atoms with E-state index in [4.69, 9.17) is 25.8 Å². The van der Waals surface area contributed by atoms with Gasteiger partial charge in [-0.25, -0.2) is 13.9 Å². The van der Waals surface area contributed by atoms with Gasteiger partial charge in [0.1, 0.15) is 30.3 Å². The smallest absolute Gasteiger partial charge is 0.410 e. The fourth-order valence-electron chi connectivity index (χ4n) is 5.14. The van der Waals surface area contributed by atoms with E-state index in [9.17, 15) is 14.0 Å². The number of ketones is 1. The Bertz CT molecular complexity index is 1420. The second kappa shape index (κ2) is 13.5. The summed E-state index contributed by atoms with van der Waals surface area (Å²) in [7, 11) is -1.20. The summed E-state index contributed by atoms with van der Waals surface area (Å²) in [6.45, 7) is 14.3. The number of nitrogens with zero attached hydrogens (tertiary/aromatic N) is 3. The zero-order chi connectivity index (χ0) is 31.4. The molecule has 8 nitrogen and oxygen atoms in total. The van der Waals surface area contributed by atoms with Crippen molar-refractivity contribution in [1.29, 1.82) is 0 Å². The summed E-state index contributed by atoms with van der Waals surface area (Å²) < 4.78 is 32.9. The SMILES string of the molecule is CC(C)(C)OC(=O)N1CCC(COCC(=O)c2cc(Cl)cc3cn(COCC[Si](C)(C)C)nc23)(c2ccc(F)cc2)CC1. The van der Waals surface area contributed by atoms with Crippen LogP contribution >= 0.6 is 11.6 Å². The lowest BCUT2D eigenvalue weighted by atomic mass is 9.73. The van der Waals surface area contributed by atoms with Crippen LogP contribution in [-0.4, -0.2) is 73.1 Å². The number of halogens is 2. The van der Waals surface area contributed by atoms with Crippen molar-refractivity contribution in [3.8, 4) is 0 Å². The number of carbonyl (C=O) groups excluding carboxylic acids is 2. The molecule has 0 bridgehead atoms. The van der Waals surface area contributed by atoms with Crippen molar-refractivity contribution >= 4 is 42.5 Å². The van der Waals surface area contributed by atoms with E-state index in [2.05, 4.69) is 24.7 Å². The first kappa shape index (κ1) is 33.1. The normalized spacial score (nSPS) is 15.6. The first-order valence-corrected chi connectivity index (χ1v) is 18.8. The van der Waals surface area contributed by atoms with Gasteiger partial charge in [-0.2, -0.15) is 5.10 Å². The van der Waals surface area contributed by atoms with Gasteiger partial charge in [0.15, 0.2) is 5.78 Å². The minimum absolute atomic E-state index is 0.173. The van der Waals surface area contributed by atoms with Gasteiger partial charge >= 0.3 is 6.09 Å². The summed E-state index contributed by atoms with van der Waals surface area (Å²) in [4.78, 5) is 27.8. The van der Waals surface area contributed by atoms with E-state index in [0.29, 0.717) is 55.4 Å². The van der Waals surface area contributed by atoms with Crippen LogP contribution in [-0.2, 0) is 26.4 Å². The molecule has 0 unspecified atom stereocenters. The van der Waals surface area contributed by atoms with Gasteiger partial charge in [-0.15, -0.1) is 0 Å². The highest BCUT2D eigenvalue weighted by atomic mass is 35.5. The Morgan fingerprint density at radius 3 is 2.37 bits per heavy atom. The van der Waals surface area contributed by atoms with Crippen LogP contribution in [0.3, 0.4) is 0 Å². The van der Waals surface area contributed by atoms with Gasteiger partial charge in [0.05, 0.1) is 6.61 Å². The van der Waals surface area contributed by atoms with E-state index in [0.717, 1.165) is 17.0 Å². The molecule has 3 aromatic rings. The Balaban J connectivity index is 1.44. The van der Waals surface area contributed by atoms with E-state index in [1.165, 1.54) is 12.1 Å². The molecule has 2 aromatic carbocycles. The molecule has 1 aliphatic rings. The van der Waals surface area contributed by atoms with Crippen molar-refractivity contribution in [2.24, 2.45) is 0 Å². The number of carbonyl (C=O) groups is 2. The Labute approximate surface area is 259 Å². The van der Waals surface area contributed by atoms with Gasteiger partial charge in [-0.1, -0.05) is 43.4 Å². The van der Waals surface area contributed by atoms with Crippen LogP contribution in [0.1, 0.15) is 49.5 Å². The molecule has 0 saturated carbocycles. The molecule has 0 atom stereocenters. The molecular formula is C32H43ClFN3O5Si. The molecule has 0 N–H and O–H groups in total. The van der Waals surface area contributed by atoms with Crippen molar-refractivity contribution < 1.29 is 28.2 Å². The number of benzene rings is 2. The van der Waals surface area contributed by atoms with Crippen LogP contribution < -0.4 is 0 Å². The first-order chi connectivity index (χ1) is 20.1. The van der Waals surface area contributed by atoms with Crippen molar-refractivity contribution in [2.45, 2.75) is 77.0 Å². The lowest BCUT2D eigenvalue weighted by Gasteiger charge is -2.42. The summed E-state index contributed by atoms with van der Waals surface area (Å²) in [5.41, 5.74) is 0.757. The number of Topliss-reactive ketones (excluding diaryl/α,β-unsaturated/α-hetero) is 1.